The first-order valence-electron chi connectivity index (χ1n) is 8.83. The Morgan fingerprint density at radius 3 is 2.68 bits per heavy atom. The van der Waals surface area contributed by atoms with Crippen LogP contribution < -0.4 is 5.32 Å². The number of amides is 1. The molecule has 0 unspecified atom stereocenters. The zero-order chi connectivity index (χ0) is 18.0. The van der Waals surface area contributed by atoms with Crippen molar-refractivity contribution in [3.05, 3.63) is 23.5 Å². The maximum atomic E-state index is 12.4. The molecule has 2 aromatic rings. The van der Waals surface area contributed by atoms with Gasteiger partial charge in [0.1, 0.15) is 11.6 Å². The monoisotopic (exact) mass is 345 g/mol. The van der Waals surface area contributed by atoms with E-state index in [0.29, 0.717) is 19.1 Å². The number of aryl methyl sites for hydroxylation is 1. The highest BCUT2D eigenvalue weighted by molar-refractivity contribution is 5.92. The zero-order valence-corrected chi connectivity index (χ0v) is 15.5. The Morgan fingerprint density at radius 2 is 2.04 bits per heavy atom. The summed E-state index contributed by atoms with van der Waals surface area (Å²) >= 11 is 0. The number of rotatable bonds is 6. The van der Waals surface area contributed by atoms with Gasteiger partial charge in [0.15, 0.2) is 0 Å². The lowest BCUT2D eigenvalue weighted by molar-refractivity contribution is -0.117. The van der Waals surface area contributed by atoms with Crippen molar-refractivity contribution in [2.24, 2.45) is 7.05 Å². The number of carbonyl (C=O) groups is 1. The maximum Gasteiger partial charge on any atom is 0.238 e. The SMILES string of the molecule is Cc1c(NC(=O)CN(C)Cc2nnc(C)n2C)cnn1C1CCCC1. The van der Waals surface area contributed by atoms with Gasteiger partial charge in [-0.05, 0) is 33.7 Å². The van der Waals surface area contributed by atoms with Crippen molar-refractivity contribution in [1.82, 2.24) is 29.4 Å². The minimum absolute atomic E-state index is 0.0459. The predicted molar refractivity (Wildman–Crippen MR) is 95.2 cm³/mol. The van der Waals surface area contributed by atoms with Crippen LogP contribution in [0.25, 0.3) is 0 Å². The highest BCUT2D eigenvalue weighted by atomic mass is 16.2. The van der Waals surface area contributed by atoms with E-state index in [9.17, 15) is 4.79 Å². The fourth-order valence-corrected chi connectivity index (χ4v) is 3.38. The summed E-state index contributed by atoms with van der Waals surface area (Å²) in [7, 11) is 3.83. The van der Waals surface area contributed by atoms with Crippen molar-refractivity contribution in [1.29, 1.82) is 0 Å². The third kappa shape index (κ3) is 3.89. The zero-order valence-electron chi connectivity index (χ0n) is 15.5. The Bertz CT molecular complexity index is 742. The van der Waals surface area contributed by atoms with Crippen LogP contribution in [0.4, 0.5) is 5.69 Å². The Labute approximate surface area is 148 Å². The Morgan fingerprint density at radius 1 is 1.32 bits per heavy atom. The summed E-state index contributed by atoms with van der Waals surface area (Å²) in [6, 6.07) is 0.479. The molecule has 0 aliphatic heterocycles. The summed E-state index contributed by atoms with van der Waals surface area (Å²) in [5.74, 6) is 1.66. The summed E-state index contributed by atoms with van der Waals surface area (Å²) in [5, 5.41) is 15.6. The van der Waals surface area contributed by atoms with Gasteiger partial charge in [-0.15, -0.1) is 10.2 Å². The van der Waals surface area contributed by atoms with Gasteiger partial charge in [0.2, 0.25) is 5.91 Å². The van der Waals surface area contributed by atoms with Gasteiger partial charge in [0, 0.05) is 7.05 Å². The van der Waals surface area contributed by atoms with Crippen molar-refractivity contribution in [3.63, 3.8) is 0 Å². The molecule has 0 radical (unpaired) electrons. The number of anilines is 1. The number of nitrogens with one attached hydrogen (secondary N) is 1. The first-order chi connectivity index (χ1) is 12.0. The van der Waals surface area contributed by atoms with Crippen molar-refractivity contribution >= 4 is 11.6 Å². The van der Waals surface area contributed by atoms with Crippen LogP contribution in [0.2, 0.25) is 0 Å². The third-order valence-electron chi connectivity index (χ3n) is 5.00. The van der Waals surface area contributed by atoms with E-state index < -0.39 is 0 Å². The first kappa shape index (κ1) is 17.6. The Hall–Kier alpha value is -2.22. The fourth-order valence-electron chi connectivity index (χ4n) is 3.38. The quantitative estimate of drug-likeness (QED) is 0.864. The number of aromatic nitrogens is 5. The van der Waals surface area contributed by atoms with E-state index in [0.717, 1.165) is 23.0 Å². The predicted octanol–water partition coefficient (Wildman–Crippen LogP) is 1.81. The van der Waals surface area contributed by atoms with Gasteiger partial charge in [-0.3, -0.25) is 14.4 Å². The summed E-state index contributed by atoms with van der Waals surface area (Å²) in [6.45, 7) is 4.80. The highest BCUT2D eigenvalue weighted by Crippen LogP contribution is 2.31. The van der Waals surface area contributed by atoms with Crippen molar-refractivity contribution in [2.75, 3.05) is 18.9 Å². The van der Waals surface area contributed by atoms with Crippen LogP contribution >= 0.6 is 0 Å². The molecular formula is C17H27N7O. The summed E-state index contributed by atoms with van der Waals surface area (Å²) < 4.78 is 4.00. The number of hydrogen-bond donors (Lipinski definition) is 1. The third-order valence-corrected chi connectivity index (χ3v) is 5.00. The second kappa shape index (κ2) is 7.35. The lowest BCUT2D eigenvalue weighted by Crippen LogP contribution is -2.30. The molecule has 0 bridgehead atoms. The standard InChI is InChI=1S/C17H27N7O/c1-12-15(9-18-24(12)14-7-5-6-8-14)19-17(25)11-22(3)10-16-21-20-13(2)23(16)4/h9,14H,5-8,10-11H2,1-4H3,(H,19,25). The molecule has 0 saturated heterocycles. The van der Waals surface area contributed by atoms with Gasteiger partial charge in [-0.2, -0.15) is 5.10 Å². The molecule has 2 heterocycles. The molecule has 0 atom stereocenters. The van der Waals surface area contributed by atoms with E-state index in [1.165, 1.54) is 25.7 Å². The second-order valence-corrected chi connectivity index (χ2v) is 6.97. The molecule has 1 saturated carbocycles. The van der Waals surface area contributed by atoms with Crippen LogP contribution in [0.5, 0.6) is 0 Å². The highest BCUT2D eigenvalue weighted by Gasteiger charge is 2.21. The van der Waals surface area contributed by atoms with E-state index in [-0.39, 0.29) is 5.91 Å². The molecule has 8 heteroatoms. The number of likely N-dealkylation sites (N-methyl/N-ethyl adjacent to an activating group) is 1. The molecule has 1 N–H and O–H groups in total. The lowest BCUT2D eigenvalue weighted by atomic mass is 10.2. The summed E-state index contributed by atoms with van der Waals surface area (Å²) in [4.78, 5) is 14.3. The van der Waals surface area contributed by atoms with Crippen LogP contribution in [-0.2, 0) is 18.4 Å². The second-order valence-electron chi connectivity index (χ2n) is 6.97. The molecule has 1 fully saturated rings. The minimum Gasteiger partial charge on any atom is -0.322 e. The number of nitrogens with zero attached hydrogens (tertiary/aromatic N) is 6. The molecule has 1 aliphatic rings. The maximum absolute atomic E-state index is 12.4. The van der Waals surface area contributed by atoms with Gasteiger partial charge in [-0.1, -0.05) is 12.8 Å². The number of hydrogen-bond acceptors (Lipinski definition) is 5. The van der Waals surface area contributed by atoms with E-state index in [1.807, 2.05) is 37.4 Å². The number of carbonyl (C=O) groups excluding carboxylic acids is 1. The average Bonchev–Trinajstić information content (AvgIpc) is 3.27. The van der Waals surface area contributed by atoms with E-state index in [2.05, 4.69) is 25.3 Å². The van der Waals surface area contributed by atoms with Gasteiger partial charge >= 0.3 is 0 Å². The van der Waals surface area contributed by atoms with Gasteiger partial charge in [0.25, 0.3) is 0 Å². The molecule has 25 heavy (non-hydrogen) atoms. The van der Waals surface area contributed by atoms with Crippen LogP contribution in [-0.4, -0.2) is 48.9 Å². The molecule has 0 aromatic carbocycles. The van der Waals surface area contributed by atoms with E-state index >= 15 is 0 Å². The van der Waals surface area contributed by atoms with Gasteiger partial charge in [-0.25, -0.2) is 0 Å². The van der Waals surface area contributed by atoms with Crippen LogP contribution in [0, 0.1) is 13.8 Å². The lowest BCUT2D eigenvalue weighted by Gasteiger charge is -2.16. The molecule has 1 aliphatic carbocycles. The summed E-state index contributed by atoms with van der Waals surface area (Å²) in [5.41, 5.74) is 1.84. The normalized spacial score (nSPS) is 15.2. The van der Waals surface area contributed by atoms with Crippen molar-refractivity contribution in [2.45, 2.75) is 52.1 Å². The molecule has 3 rings (SSSR count). The first-order valence-corrected chi connectivity index (χ1v) is 8.83. The Kier molecular flexibility index (Phi) is 5.17. The topological polar surface area (TPSA) is 80.9 Å². The smallest absolute Gasteiger partial charge is 0.238 e. The molecule has 2 aromatic heterocycles. The molecule has 1 amide bonds. The van der Waals surface area contributed by atoms with E-state index in [4.69, 9.17) is 0 Å². The van der Waals surface area contributed by atoms with Gasteiger partial charge in [0.05, 0.1) is 36.7 Å². The van der Waals surface area contributed by atoms with Crippen LogP contribution in [0.1, 0.15) is 49.1 Å². The largest absolute Gasteiger partial charge is 0.322 e. The van der Waals surface area contributed by atoms with Crippen LogP contribution in [0.3, 0.4) is 0 Å². The minimum atomic E-state index is -0.0459. The van der Waals surface area contributed by atoms with Crippen molar-refractivity contribution in [3.8, 4) is 0 Å². The molecule has 0 spiro atoms. The van der Waals surface area contributed by atoms with Gasteiger partial charge < -0.3 is 9.88 Å². The fraction of sp³-hybridized carbons (Fsp3) is 0.647. The molecular weight excluding hydrogens is 318 g/mol. The average molecular weight is 345 g/mol. The molecule has 136 valence electrons. The van der Waals surface area contributed by atoms with Crippen LogP contribution in [0.15, 0.2) is 6.20 Å². The molecule has 8 nitrogen and oxygen atoms in total. The van der Waals surface area contributed by atoms with Crippen molar-refractivity contribution < 1.29 is 4.79 Å². The Balaban J connectivity index is 1.56. The summed E-state index contributed by atoms with van der Waals surface area (Å²) in [6.07, 6.45) is 6.64. The van der Waals surface area contributed by atoms with E-state index in [1.54, 1.807) is 6.20 Å².